The summed E-state index contributed by atoms with van der Waals surface area (Å²) in [5.74, 6) is 0.545. The third-order valence-electron chi connectivity index (χ3n) is 12.4. The van der Waals surface area contributed by atoms with Crippen molar-refractivity contribution in [3.05, 3.63) is 0 Å². The van der Waals surface area contributed by atoms with Crippen molar-refractivity contribution in [3.63, 3.8) is 0 Å². The molecule has 7 heteroatoms. The number of fused-ring (bicyclic) bond motifs is 5. The second kappa shape index (κ2) is 10.3. The Labute approximate surface area is 223 Å². The molecule has 0 spiro atoms. The lowest BCUT2D eigenvalue weighted by Crippen LogP contribution is -2.55. The van der Waals surface area contributed by atoms with Crippen LogP contribution in [0.25, 0.3) is 0 Å². The number of cyclic esters (lactones) is 1. The van der Waals surface area contributed by atoms with Crippen LogP contribution in [0.5, 0.6) is 0 Å². The van der Waals surface area contributed by atoms with Gasteiger partial charge in [0.05, 0.1) is 42.5 Å². The van der Waals surface area contributed by atoms with E-state index in [-0.39, 0.29) is 52.5 Å². The van der Waals surface area contributed by atoms with Crippen LogP contribution in [-0.4, -0.2) is 72.1 Å². The molecule has 1 saturated heterocycles. The van der Waals surface area contributed by atoms with E-state index in [2.05, 4.69) is 20.8 Å². The molecular formula is C30H52O7. The fourth-order valence-corrected chi connectivity index (χ4v) is 9.38. The van der Waals surface area contributed by atoms with Crippen LogP contribution in [0, 0.1) is 52.3 Å². The number of aliphatic hydroxyl groups excluding tert-OH is 3. The van der Waals surface area contributed by atoms with Gasteiger partial charge in [0.2, 0.25) is 0 Å². The maximum absolute atomic E-state index is 13.2. The van der Waals surface area contributed by atoms with Crippen molar-refractivity contribution < 1.29 is 34.3 Å². The maximum atomic E-state index is 13.2. The molecule has 3 saturated carbocycles. The Hall–Kier alpha value is -0.730. The highest BCUT2D eigenvalue weighted by Crippen LogP contribution is 2.66. The molecule has 4 fully saturated rings. The van der Waals surface area contributed by atoms with E-state index in [4.69, 9.17) is 14.2 Å². The highest BCUT2D eigenvalue weighted by Gasteiger charge is 2.63. The number of aliphatic hydroxyl groups is 3. The van der Waals surface area contributed by atoms with Crippen LogP contribution >= 0.6 is 0 Å². The van der Waals surface area contributed by atoms with E-state index in [1.165, 1.54) is 0 Å². The van der Waals surface area contributed by atoms with E-state index in [9.17, 15) is 20.1 Å². The van der Waals surface area contributed by atoms with E-state index in [0.717, 1.165) is 25.7 Å². The smallest absolute Gasteiger partial charge is 0.309 e. The number of carbonyl (C=O) groups is 1. The minimum absolute atomic E-state index is 0.00620. The van der Waals surface area contributed by atoms with Crippen LogP contribution in [0.1, 0.15) is 80.1 Å². The van der Waals surface area contributed by atoms with Gasteiger partial charge in [-0.25, -0.2) is 0 Å². The number of methoxy groups -OCH3 is 2. The molecule has 37 heavy (non-hydrogen) atoms. The summed E-state index contributed by atoms with van der Waals surface area (Å²) in [5, 5.41) is 33.4. The molecule has 0 aromatic rings. The zero-order valence-corrected chi connectivity index (χ0v) is 24.3. The lowest BCUT2D eigenvalue weighted by Gasteiger charge is -2.56. The summed E-state index contributed by atoms with van der Waals surface area (Å²) >= 11 is 0. The van der Waals surface area contributed by atoms with Crippen LogP contribution in [0.4, 0.5) is 0 Å². The first-order chi connectivity index (χ1) is 17.2. The summed E-state index contributed by atoms with van der Waals surface area (Å²) in [7, 11) is 3.25. The summed E-state index contributed by atoms with van der Waals surface area (Å²) in [6.45, 7) is 12.9. The molecule has 214 valence electrons. The minimum Gasteiger partial charge on any atom is -0.465 e. The van der Waals surface area contributed by atoms with Gasteiger partial charge in [-0.05, 0) is 92.8 Å². The molecule has 4 aliphatic rings. The number of esters is 1. The monoisotopic (exact) mass is 524 g/mol. The molecule has 1 unspecified atom stereocenters. The highest BCUT2D eigenvalue weighted by atomic mass is 16.5. The number of rotatable bonds is 7. The van der Waals surface area contributed by atoms with Gasteiger partial charge in [0.25, 0.3) is 0 Å². The second-order valence-electron chi connectivity index (χ2n) is 14.0. The van der Waals surface area contributed by atoms with Gasteiger partial charge in [0.1, 0.15) is 0 Å². The third-order valence-corrected chi connectivity index (χ3v) is 12.4. The zero-order chi connectivity index (χ0) is 27.5. The fraction of sp³-hybridized carbons (Fsp3) is 0.967. The molecule has 0 bridgehead atoms. The Kier molecular flexibility index (Phi) is 8.18. The van der Waals surface area contributed by atoms with E-state index in [0.29, 0.717) is 31.3 Å². The Morgan fingerprint density at radius 2 is 1.68 bits per heavy atom. The SMILES string of the molecule is CO[C@H]1CC2C(=O)OC[C@H]3[C@@H]4CC[C@H]([C@H](C)[C@@H](O)[C@H](O)[C@@H](C)C(C)(C)OC)[C@@]4(C)CC[C@@H]3[C@@]2(C)C[C@H]1O. The Morgan fingerprint density at radius 3 is 2.30 bits per heavy atom. The van der Waals surface area contributed by atoms with Crippen LogP contribution in [0.15, 0.2) is 0 Å². The predicted octanol–water partition coefficient (Wildman–Crippen LogP) is 3.81. The van der Waals surface area contributed by atoms with Crippen molar-refractivity contribution in [2.75, 3.05) is 20.8 Å². The summed E-state index contributed by atoms with van der Waals surface area (Å²) in [6.07, 6.45) is 2.51. The van der Waals surface area contributed by atoms with Crippen LogP contribution < -0.4 is 0 Å². The second-order valence-corrected chi connectivity index (χ2v) is 14.0. The van der Waals surface area contributed by atoms with Gasteiger partial charge in [-0.2, -0.15) is 0 Å². The number of hydrogen-bond acceptors (Lipinski definition) is 7. The van der Waals surface area contributed by atoms with Gasteiger partial charge in [0.15, 0.2) is 0 Å². The van der Waals surface area contributed by atoms with Gasteiger partial charge in [-0.3, -0.25) is 4.79 Å². The van der Waals surface area contributed by atoms with E-state index in [1.807, 2.05) is 20.8 Å². The summed E-state index contributed by atoms with van der Waals surface area (Å²) in [5.41, 5.74) is -0.844. The predicted molar refractivity (Wildman–Crippen MR) is 141 cm³/mol. The molecule has 7 nitrogen and oxygen atoms in total. The third kappa shape index (κ3) is 4.69. The van der Waals surface area contributed by atoms with Gasteiger partial charge in [0, 0.05) is 20.1 Å². The molecular weight excluding hydrogens is 472 g/mol. The fourth-order valence-electron chi connectivity index (χ4n) is 9.38. The molecule has 3 N–H and O–H groups in total. The normalized spacial score (nSPS) is 45.5. The molecule has 0 amide bonds. The van der Waals surface area contributed by atoms with Crippen LogP contribution in [0.2, 0.25) is 0 Å². The molecule has 13 atom stereocenters. The van der Waals surface area contributed by atoms with Gasteiger partial charge < -0.3 is 29.5 Å². The summed E-state index contributed by atoms with van der Waals surface area (Å²) < 4.78 is 17.1. The van der Waals surface area contributed by atoms with Crippen molar-refractivity contribution in [2.24, 2.45) is 52.3 Å². The van der Waals surface area contributed by atoms with Gasteiger partial charge in [-0.15, -0.1) is 0 Å². The van der Waals surface area contributed by atoms with Crippen molar-refractivity contribution in [3.8, 4) is 0 Å². The topological polar surface area (TPSA) is 105 Å². The van der Waals surface area contributed by atoms with Crippen molar-refractivity contribution in [2.45, 2.75) is 110 Å². The van der Waals surface area contributed by atoms with E-state index in [1.54, 1.807) is 14.2 Å². The van der Waals surface area contributed by atoms with Crippen LogP contribution in [0.3, 0.4) is 0 Å². The molecule has 0 aromatic carbocycles. The first-order valence-electron chi connectivity index (χ1n) is 14.5. The summed E-state index contributed by atoms with van der Waals surface area (Å²) in [6, 6.07) is 0. The molecule has 3 aliphatic carbocycles. The maximum Gasteiger partial charge on any atom is 0.309 e. The van der Waals surface area contributed by atoms with E-state index < -0.39 is 23.9 Å². The molecule has 4 rings (SSSR count). The molecule has 0 aromatic heterocycles. The Bertz CT molecular complexity index is 831. The zero-order valence-electron chi connectivity index (χ0n) is 24.3. The largest absolute Gasteiger partial charge is 0.465 e. The number of hydrogen-bond donors (Lipinski definition) is 3. The Balaban J connectivity index is 1.56. The van der Waals surface area contributed by atoms with Crippen molar-refractivity contribution in [1.82, 2.24) is 0 Å². The number of carbonyl (C=O) groups excluding carboxylic acids is 1. The Morgan fingerprint density at radius 1 is 1.03 bits per heavy atom. The van der Waals surface area contributed by atoms with Crippen molar-refractivity contribution >= 4 is 5.97 Å². The average Bonchev–Trinajstić information content (AvgIpc) is 3.17. The quantitative estimate of drug-likeness (QED) is 0.435. The van der Waals surface area contributed by atoms with E-state index >= 15 is 0 Å². The lowest BCUT2D eigenvalue weighted by molar-refractivity contribution is -0.164. The first-order valence-corrected chi connectivity index (χ1v) is 14.5. The summed E-state index contributed by atoms with van der Waals surface area (Å²) in [4.78, 5) is 13.2. The average molecular weight is 525 g/mol. The molecule has 0 radical (unpaired) electrons. The van der Waals surface area contributed by atoms with Crippen molar-refractivity contribution in [1.29, 1.82) is 0 Å². The standard InChI is InChI=1S/C30H52O7/c1-16(25(32)26(33)17(2)28(3,4)36-8)19-9-10-20-18-15-37-27(34)22-13-24(35-7)23(31)14-30(22,6)21(18)11-12-29(19,20)5/h16-26,31-33H,9-15H2,1-8H3/t16-,17+,18-,19+,20-,21-,22?,23+,24-,25+,26+,29+,30+/m0/s1. The van der Waals surface area contributed by atoms with Crippen LogP contribution in [-0.2, 0) is 19.0 Å². The van der Waals surface area contributed by atoms with Gasteiger partial charge in [-0.1, -0.05) is 27.7 Å². The minimum atomic E-state index is -0.875. The highest BCUT2D eigenvalue weighted by molar-refractivity contribution is 5.74. The molecule has 1 aliphatic heterocycles. The van der Waals surface area contributed by atoms with Gasteiger partial charge >= 0.3 is 5.97 Å². The first kappa shape index (κ1) is 29.3. The lowest BCUT2D eigenvalue weighted by atomic mass is 9.48. The number of ether oxygens (including phenoxy) is 3. The molecule has 1 heterocycles.